The fraction of sp³-hybridized carbons (Fsp3) is 0. The van der Waals surface area contributed by atoms with Gasteiger partial charge in [0.25, 0.3) is 0 Å². The van der Waals surface area contributed by atoms with Gasteiger partial charge in [0.15, 0.2) is 0 Å². The Hall–Kier alpha value is 0.413. The summed E-state index contributed by atoms with van der Waals surface area (Å²) in [5.74, 6) is -0.981. The molecule has 0 radical (unpaired) electrons. The van der Waals surface area contributed by atoms with Gasteiger partial charge in [-0.25, -0.2) is 4.79 Å². The predicted molar refractivity (Wildman–Crippen MR) is 29.5 cm³/mol. The number of carboxylic acid groups (broad SMARTS) is 1. The van der Waals surface area contributed by atoms with Gasteiger partial charge in [0.1, 0.15) is 0 Å². The Morgan fingerprint density at radius 3 is 1.88 bits per heavy atom. The summed E-state index contributed by atoms with van der Waals surface area (Å²) in [4.78, 5) is 9.25. The van der Waals surface area contributed by atoms with E-state index >= 15 is 0 Å². The quantitative estimate of drug-likeness (QED) is 0.525. The van der Waals surface area contributed by atoms with E-state index in [1.54, 1.807) is 0 Å². The maximum atomic E-state index is 9.25. The van der Waals surface area contributed by atoms with Gasteiger partial charge < -0.3 is 5.11 Å². The number of carboxylic acids is 1. The summed E-state index contributed by atoms with van der Waals surface area (Å²) >= 11 is -0.931. The van der Waals surface area contributed by atoms with Crippen LogP contribution in [0.15, 0.2) is 12.7 Å². The van der Waals surface area contributed by atoms with Crippen LogP contribution in [0.5, 0.6) is 0 Å². The molecule has 2 nitrogen and oxygen atoms in total. The maximum absolute atomic E-state index is 9.25. The van der Waals surface area contributed by atoms with Crippen LogP contribution < -0.4 is 0 Å². The van der Waals surface area contributed by atoms with Gasteiger partial charge in [0.05, 0.1) is 0 Å². The Kier molecular flexibility index (Phi) is 14.6. The van der Waals surface area contributed by atoms with Crippen molar-refractivity contribution in [1.29, 1.82) is 0 Å². The van der Waals surface area contributed by atoms with E-state index in [0.717, 1.165) is 6.08 Å². The fourth-order valence-electron chi connectivity index (χ4n) is 0. The molecule has 0 aromatic heterocycles. The SMILES string of the molecule is C=CC(=O)O.[Cl][Zn][Cl]. The summed E-state index contributed by atoms with van der Waals surface area (Å²) in [5, 5.41) is 7.60. The topological polar surface area (TPSA) is 37.3 Å². The van der Waals surface area contributed by atoms with E-state index in [0.29, 0.717) is 0 Å². The van der Waals surface area contributed by atoms with E-state index in [1.807, 2.05) is 0 Å². The van der Waals surface area contributed by atoms with Gasteiger partial charge in [-0.05, 0) is 0 Å². The number of halogens is 2. The average Bonchev–Trinajstić information content (AvgIpc) is 1.69. The summed E-state index contributed by atoms with van der Waals surface area (Å²) in [7, 11) is 9.90. The molecule has 0 aliphatic heterocycles. The van der Waals surface area contributed by atoms with Crippen LogP contribution in [0.3, 0.4) is 0 Å². The zero-order valence-corrected chi connectivity index (χ0v) is 8.58. The Morgan fingerprint density at radius 2 is 1.88 bits per heavy atom. The van der Waals surface area contributed by atoms with Crippen molar-refractivity contribution in [2.45, 2.75) is 0 Å². The minimum absolute atomic E-state index is 0.833. The molecule has 44 valence electrons. The summed E-state index contributed by atoms with van der Waals surface area (Å²) in [6, 6.07) is 0. The van der Waals surface area contributed by atoms with Gasteiger partial charge >= 0.3 is 40.5 Å². The molecule has 0 rings (SSSR count). The van der Waals surface area contributed by atoms with Crippen LogP contribution in [0, 0.1) is 0 Å². The third kappa shape index (κ3) is 32.3. The number of hydrogen-bond acceptors (Lipinski definition) is 1. The second-order valence-corrected chi connectivity index (χ2v) is 5.27. The van der Waals surface area contributed by atoms with Crippen molar-refractivity contribution < 1.29 is 25.0 Å². The zero-order valence-electron chi connectivity index (χ0n) is 4.10. The third-order valence-electron chi connectivity index (χ3n) is 0.175. The van der Waals surface area contributed by atoms with Crippen molar-refractivity contribution in [3.05, 3.63) is 12.7 Å². The summed E-state index contributed by atoms with van der Waals surface area (Å²) in [5.41, 5.74) is 0. The van der Waals surface area contributed by atoms with E-state index in [4.69, 9.17) is 24.5 Å². The summed E-state index contributed by atoms with van der Waals surface area (Å²) in [6.07, 6.45) is 0.833. The van der Waals surface area contributed by atoms with Gasteiger partial charge in [0.2, 0.25) is 0 Å². The van der Waals surface area contributed by atoms with E-state index in [-0.39, 0.29) is 0 Å². The molecule has 0 fully saturated rings. The molecule has 0 amide bonds. The normalized spacial score (nSPS) is 5.25. The first-order chi connectivity index (χ1) is 3.68. The Balaban J connectivity index is 0. The molecule has 0 saturated heterocycles. The molecular weight excluding hydrogens is 204 g/mol. The first-order valence-electron chi connectivity index (χ1n) is 1.66. The molecule has 0 heterocycles. The molecule has 0 aromatic carbocycles. The number of hydrogen-bond donors (Lipinski definition) is 1. The second-order valence-electron chi connectivity index (χ2n) is 0.643. The van der Waals surface area contributed by atoms with Crippen LogP contribution in [-0.2, 0) is 19.9 Å². The Labute approximate surface area is 63.2 Å². The molecule has 0 aromatic rings. The van der Waals surface area contributed by atoms with Crippen molar-refractivity contribution in [2.24, 2.45) is 0 Å². The summed E-state index contributed by atoms with van der Waals surface area (Å²) < 4.78 is 0. The first kappa shape index (κ1) is 11.2. The Morgan fingerprint density at radius 1 is 1.75 bits per heavy atom. The second kappa shape index (κ2) is 10.4. The zero-order chi connectivity index (χ0) is 6.99. The van der Waals surface area contributed by atoms with Gasteiger partial charge in [-0.1, -0.05) is 6.58 Å². The molecule has 5 heteroatoms. The predicted octanol–water partition coefficient (Wildman–Crippen LogP) is 1.63. The monoisotopic (exact) mass is 206 g/mol. The molecule has 8 heavy (non-hydrogen) atoms. The molecule has 0 atom stereocenters. The van der Waals surface area contributed by atoms with Crippen LogP contribution in [0.4, 0.5) is 0 Å². The van der Waals surface area contributed by atoms with Crippen LogP contribution in [0.1, 0.15) is 0 Å². The molecule has 0 saturated carbocycles. The van der Waals surface area contributed by atoms with Crippen LogP contribution in [0.25, 0.3) is 0 Å². The molecular formula is C3H4Cl2O2Zn. The van der Waals surface area contributed by atoms with E-state index in [9.17, 15) is 4.79 Å². The van der Waals surface area contributed by atoms with E-state index in [2.05, 4.69) is 6.58 Å². The number of aliphatic carboxylic acids is 1. The van der Waals surface area contributed by atoms with Crippen molar-refractivity contribution in [3.8, 4) is 0 Å². The van der Waals surface area contributed by atoms with Crippen molar-refractivity contribution >= 4 is 25.4 Å². The van der Waals surface area contributed by atoms with Crippen molar-refractivity contribution in [1.82, 2.24) is 0 Å². The van der Waals surface area contributed by atoms with Gasteiger partial charge in [-0.3, -0.25) is 0 Å². The van der Waals surface area contributed by atoms with Gasteiger partial charge in [-0.15, -0.1) is 0 Å². The molecule has 0 aliphatic rings. The average molecular weight is 208 g/mol. The van der Waals surface area contributed by atoms with Gasteiger partial charge in [0, 0.05) is 6.08 Å². The Bertz CT molecular complexity index is 75.7. The molecule has 0 aliphatic carbocycles. The summed E-state index contributed by atoms with van der Waals surface area (Å²) in [6.45, 7) is 2.96. The van der Waals surface area contributed by atoms with Crippen molar-refractivity contribution in [3.63, 3.8) is 0 Å². The number of rotatable bonds is 1. The van der Waals surface area contributed by atoms with E-state index < -0.39 is 21.1 Å². The van der Waals surface area contributed by atoms with Crippen LogP contribution >= 0.6 is 19.4 Å². The van der Waals surface area contributed by atoms with Crippen LogP contribution in [0.2, 0.25) is 0 Å². The van der Waals surface area contributed by atoms with Crippen molar-refractivity contribution in [2.75, 3.05) is 0 Å². The molecule has 0 unspecified atom stereocenters. The first-order valence-corrected chi connectivity index (χ1v) is 9.46. The van der Waals surface area contributed by atoms with Gasteiger partial charge in [-0.2, -0.15) is 0 Å². The standard InChI is InChI=1S/C3H4O2.2ClH.Zn/c1-2-3(4)5;;;/h2H,1H2,(H,4,5);2*1H;/q;;;+2/p-2. The van der Waals surface area contributed by atoms with Crippen LogP contribution in [-0.4, -0.2) is 11.1 Å². The fourth-order valence-corrected chi connectivity index (χ4v) is 0. The third-order valence-corrected chi connectivity index (χ3v) is 0.175. The molecule has 1 N–H and O–H groups in total. The van der Waals surface area contributed by atoms with E-state index in [1.165, 1.54) is 0 Å². The minimum atomic E-state index is -0.981. The number of carbonyl (C=O) groups is 1. The molecule has 0 spiro atoms. The molecule has 0 bridgehead atoms.